The van der Waals surface area contributed by atoms with E-state index in [0.717, 1.165) is 5.75 Å². The van der Waals surface area contributed by atoms with Gasteiger partial charge in [0.15, 0.2) is 0 Å². The van der Waals surface area contributed by atoms with Crippen LogP contribution in [0.3, 0.4) is 0 Å². The molecule has 0 aliphatic carbocycles. The van der Waals surface area contributed by atoms with Gasteiger partial charge in [0.25, 0.3) is 0 Å². The van der Waals surface area contributed by atoms with Crippen LogP contribution in [0.1, 0.15) is 0 Å². The Kier molecular flexibility index (Phi) is 3.54. The first kappa shape index (κ1) is 11.8. The molecular weight excluding hydrogens is 284 g/mol. The fourth-order valence-electron chi connectivity index (χ4n) is 1.27. The number of phenolic OH excluding ortho intramolecular Hbond substituents is 1. The second-order valence-corrected chi connectivity index (χ2v) is 4.09. The van der Waals surface area contributed by atoms with Crippen molar-refractivity contribution in [3.63, 3.8) is 0 Å². The van der Waals surface area contributed by atoms with Crippen molar-refractivity contribution < 1.29 is 14.6 Å². The largest absolute Gasteiger partial charge is 0.507 e. The van der Waals surface area contributed by atoms with Crippen molar-refractivity contribution >= 4 is 15.9 Å². The molecule has 0 saturated heterocycles. The minimum absolute atomic E-state index is 0.132. The summed E-state index contributed by atoms with van der Waals surface area (Å²) in [7, 11) is 1.61. The average Bonchev–Trinajstić information content (AvgIpc) is 2.35. The molecule has 17 heavy (non-hydrogen) atoms. The number of hydrogen-bond donors (Lipinski definition) is 1. The SMILES string of the molecule is COc1ccc(Oc2[c]c(Br)c(O)cc2)cc1. The van der Waals surface area contributed by atoms with Crippen molar-refractivity contribution in [3.8, 4) is 23.0 Å². The van der Waals surface area contributed by atoms with Crippen LogP contribution in [0.15, 0.2) is 40.9 Å². The Morgan fingerprint density at radius 1 is 1.06 bits per heavy atom. The third kappa shape index (κ3) is 2.91. The molecule has 1 N–H and O–H groups in total. The first-order valence-corrected chi connectivity index (χ1v) is 5.71. The van der Waals surface area contributed by atoms with E-state index in [2.05, 4.69) is 22.0 Å². The highest BCUT2D eigenvalue weighted by molar-refractivity contribution is 9.10. The van der Waals surface area contributed by atoms with Crippen molar-refractivity contribution in [3.05, 3.63) is 46.9 Å². The van der Waals surface area contributed by atoms with E-state index in [9.17, 15) is 5.11 Å². The molecule has 2 rings (SSSR count). The number of ether oxygens (including phenoxy) is 2. The highest BCUT2D eigenvalue weighted by atomic mass is 79.9. The Balaban J connectivity index is 2.16. The van der Waals surface area contributed by atoms with Gasteiger partial charge in [0.1, 0.15) is 23.0 Å². The van der Waals surface area contributed by atoms with Gasteiger partial charge in [-0.3, -0.25) is 0 Å². The van der Waals surface area contributed by atoms with E-state index in [1.807, 2.05) is 12.1 Å². The summed E-state index contributed by atoms with van der Waals surface area (Å²) in [6.07, 6.45) is 0. The van der Waals surface area contributed by atoms with Crippen molar-refractivity contribution in [1.29, 1.82) is 0 Å². The fraction of sp³-hybridized carbons (Fsp3) is 0.0769. The van der Waals surface area contributed by atoms with Gasteiger partial charge in [0.05, 0.1) is 11.6 Å². The molecular formula is C13H10BrO3. The Bertz CT molecular complexity index is 509. The van der Waals surface area contributed by atoms with Crippen LogP contribution in [0.25, 0.3) is 0 Å². The van der Waals surface area contributed by atoms with Gasteiger partial charge < -0.3 is 14.6 Å². The standard InChI is InChI=1S/C13H10BrO3/c1-16-9-2-4-10(5-3-9)17-11-6-7-13(15)12(14)8-11/h2-7,15H,1H3. The minimum Gasteiger partial charge on any atom is -0.507 e. The van der Waals surface area contributed by atoms with E-state index in [0.29, 0.717) is 16.0 Å². The van der Waals surface area contributed by atoms with Crippen LogP contribution < -0.4 is 9.47 Å². The van der Waals surface area contributed by atoms with Gasteiger partial charge in [-0.05, 0) is 52.3 Å². The van der Waals surface area contributed by atoms with E-state index in [-0.39, 0.29) is 5.75 Å². The lowest BCUT2D eigenvalue weighted by molar-refractivity contribution is 0.412. The molecule has 0 spiro atoms. The van der Waals surface area contributed by atoms with Crippen LogP contribution in [0.2, 0.25) is 0 Å². The van der Waals surface area contributed by atoms with Crippen LogP contribution in [0.4, 0.5) is 0 Å². The van der Waals surface area contributed by atoms with Gasteiger partial charge in [-0.1, -0.05) is 0 Å². The summed E-state index contributed by atoms with van der Waals surface area (Å²) < 4.78 is 11.1. The maximum Gasteiger partial charge on any atom is 0.136 e. The zero-order chi connectivity index (χ0) is 12.3. The second kappa shape index (κ2) is 5.10. The molecule has 0 fully saturated rings. The summed E-state index contributed by atoms with van der Waals surface area (Å²) in [6.45, 7) is 0. The molecule has 0 atom stereocenters. The molecule has 0 aliphatic heterocycles. The Morgan fingerprint density at radius 2 is 1.71 bits per heavy atom. The summed E-state index contributed by atoms with van der Waals surface area (Å²) >= 11 is 3.18. The van der Waals surface area contributed by atoms with Crippen LogP contribution in [-0.4, -0.2) is 12.2 Å². The first-order valence-electron chi connectivity index (χ1n) is 4.92. The molecule has 0 aromatic heterocycles. The molecule has 2 aromatic rings. The summed E-state index contributed by atoms with van der Waals surface area (Å²) in [5, 5.41) is 9.33. The average molecular weight is 294 g/mol. The van der Waals surface area contributed by atoms with Gasteiger partial charge in [-0.2, -0.15) is 0 Å². The quantitative estimate of drug-likeness (QED) is 0.936. The molecule has 0 saturated carbocycles. The van der Waals surface area contributed by atoms with Gasteiger partial charge in [0, 0.05) is 6.07 Å². The van der Waals surface area contributed by atoms with Crippen molar-refractivity contribution in [2.45, 2.75) is 0 Å². The number of halogens is 1. The summed E-state index contributed by atoms with van der Waals surface area (Å²) in [5.41, 5.74) is 0. The smallest absolute Gasteiger partial charge is 0.136 e. The normalized spacial score (nSPS) is 10.0. The first-order chi connectivity index (χ1) is 8.19. The molecule has 0 bridgehead atoms. The van der Waals surface area contributed by atoms with Crippen molar-refractivity contribution in [1.82, 2.24) is 0 Å². The number of methoxy groups -OCH3 is 1. The van der Waals surface area contributed by atoms with Crippen molar-refractivity contribution in [2.75, 3.05) is 7.11 Å². The van der Waals surface area contributed by atoms with E-state index in [1.54, 1.807) is 31.4 Å². The molecule has 3 nitrogen and oxygen atoms in total. The maximum absolute atomic E-state index is 9.33. The van der Waals surface area contributed by atoms with Gasteiger partial charge >= 0.3 is 0 Å². The third-order valence-electron chi connectivity index (χ3n) is 2.14. The van der Waals surface area contributed by atoms with E-state index >= 15 is 0 Å². The highest BCUT2D eigenvalue weighted by Gasteiger charge is 2.02. The zero-order valence-electron chi connectivity index (χ0n) is 9.11. The number of benzene rings is 2. The topological polar surface area (TPSA) is 38.7 Å². The zero-order valence-corrected chi connectivity index (χ0v) is 10.7. The predicted molar refractivity (Wildman–Crippen MR) is 67.7 cm³/mol. The molecule has 0 aliphatic rings. The Morgan fingerprint density at radius 3 is 2.29 bits per heavy atom. The van der Waals surface area contributed by atoms with Crippen molar-refractivity contribution in [2.24, 2.45) is 0 Å². The predicted octanol–water partition coefficient (Wildman–Crippen LogP) is 3.76. The number of aromatic hydroxyl groups is 1. The van der Waals surface area contributed by atoms with E-state index in [1.165, 1.54) is 0 Å². The number of rotatable bonds is 3. The number of phenols is 1. The summed E-state index contributed by atoms with van der Waals surface area (Å²) in [6, 6.07) is 13.3. The molecule has 0 heterocycles. The lowest BCUT2D eigenvalue weighted by Gasteiger charge is -2.07. The fourth-order valence-corrected chi connectivity index (χ4v) is 1.60. The molecule has 4 heteroatoms. The Labute approximate surface area is 108 Å². The monoisotopic (exact) mass is 293 g/mol. The maximum atomic E-state index is 9.33. The van der Waals surface area contributed by atoms with Gasteiger partial charge in [-0.15, -0.1) is 0 Å². The van der Waals surface area contributed by atoms with Crippen LogP contribution in [-0.2, 0) is 0 Å². The van der Waals surface area contributed by atoms with E-state index in [4.69, 9.17) is 9.47 Å². The van der Waals surface area contributed by atoms with Gasteiger partial charge in [-0.25, -0.2) is 0 Å². The van der Waals surface area contributed by atoms with Crippen LogP contribution in [0, 0.1) is 6.07 Å². The molecule has 0 unspecified atom stereocenters. The third-order valence-corrected chi connectivity index (χ3v) is 2.74. The lowest BCUT2D eigenvalue weighted by atomic mass is 10.3. The number of hydrogen-bond acceptors (Lipinski definition) is 3. The van der Waals surface area contributed by atoms with Crippen LogP contribution >= 0.6 is 15.9 Å². The molecule has 0 amide bonds. The summed E-state index contributed by atoms with van der Waals surface area (Å²) in [5.74, 6) is 2.11. The highest BCUT2D eigenvalue weighted by Crippen LogP contribution is 2.30. The molecule has 87 valence electrons. The molecule has 1 radical (unpaired) electrons. The van der Waals surface area contributed by atoms with E-state index < -0.39 is 0 Å². The van der Waals surface area contributed by atoms with Crippen LogP contribution in [0.5, 0.6) is 23.0 Å². The van der Waals surface area contributed by atoms with Gasteiger partial charge in [0.2, 0.25) is 0 Å². The minimum atomic E-state index is 0.132. The lowest BCUT2D eigenvalue weighted by Crippen LogP contribution is -1.86. The summed E-state index contributed by atoms with van der Waals surface area (Å²) in [4.78, 5) is 0. The Hall–Kier alpha value is -1.68. The second-order valence-electron chi connectivity index (χ2n) is 3.30. The molecule has 2 aromatic carbocycles.